The minimum absolute atomic E-state index is 0.442. The molecule has 1 heterocycles. The first-order chi connectivity index (χ1) is 8.54. The molecule has 100 valence electrons. The van der Waals surface area contributed by atoms with Crippen molar-refractivity contribution in [3.8, 4) is 0 Å². The molecule has 18 heavy (non-hydrogen) atoms. The summed E-state index contributed by atoms with van der Waals surface area (Å²) >= 11 is 0. The molecule has 0 radical (unpaired) electrons. The van der Waals surface area contributed by atoms with Gasteiger partial charge in [0.15, 0.2) is 0 Å². The Morgan fingerprint density at radius 1 is 1.33 bits per heavy atom. The Balaban J connectivity index is 2.10. The van der Waals surface area contributed by atoms with Gasteiger partial charge < -0.3 is 11.1 Å². The second kappa shape index (κ2) is 5.12. The van der Waals surface area contributed by atoms with Crippen molar-refractivity contribution in [1.82, 2.24) is 9.97 Å². The first kappa shape index (κ1) is 13.1. The van der Waals surface area contributed by atoms with Crippen LogP contribution < -0.4 is 11.1 Å². The van der Waals surface area contributed by atoms with Crippen LogP contribution in [-0.2, 0) is 6.42 Å². The van der Waals surface area contributed by atoms with E-state index in [9.17, 15) is 0 Å². The number of nitrogens with two attached hydrogens (primary N) is 1. The predicted molar refractivity (Wildman–Crippen MR) is 75.6 cm³/mol. The van der Waals surface area contributed by atoms with Gasteiger partial charge in [-0.3, -0.25) is 0 Å². The SMILES string of the molecule is CCCc1nc(N)c(C)c(NCC2(C)CCC2)n1. The molecule has 0 spiro atoms. The van der Waals surface area contributed by atoms with Gasteiger partial charge in [0.25, 0.3) is 0 Å². The van der Waals surface area contributed by atoms with Crippen molar-refractivity contribution in [3.63, 3.8) is 0 Å². The molecular formula is C14H24N4. The molecule has 0 aliphatic heterocycles. The van der Waals surface area contributed by atoms with Crippen LogP contribution in [0, 0.1) is 12.3 Å². The first-order valence-corrected chi connectivity index (χ1v) is 6.91. The lowest BCUT2D eigenvalue weighted by atomic mass is 9.70. The Bertz CT molecular complexity index is 424. The van der Waals surface area contributed by atoms with Gasteiger partial charge in [0.2, 0.25) is 0 Å². The third kappa shape index (κ3) is 2.74. The minimum Gasteiger partial charge on any atom is -0.383 e. The van der Waals surface area contributed by atoms with Gasteiger partial charge in [-0.2, -0.15) is 0 Å². The van der Waals surface area contributed by atoms with E-state index in [-0.39, 0.29) is 0 Å². The van der Waals surface area contributed by atoms with E-state index in [0.717, 1.165) is 36.6 Å². The van der Waals surface area contributed by atoms with Gasteiger partial charge in [0.1, 0.15) is 17.5 Å². The van der Waals surface area contributed by atoms with Crippen LogP contribution in [0.3, 0.4) is 0 Å². The molecule has 1 saturated carbocycles. The van der Waals surface area contributed by atoms with Crippen molar-refractivity contribution in [2.45, 2.75) is 52.9 Å². The molecule has 1 aliphatic carbocycles. The standard InChI is InChI=1S/C14H24N4/c1-4-6-11-17-12(15)10(2)13(18-11)16-9-14(3)7-5-8-14/h4-9H2,1-3H3,(H3,15,16,17,18). The molecule has 0 bridgehead atoms. The van der Waals surface area contributed by atoms with Gasteiger partial charge in [-0.15, -0.1) is 0 Å². The van der Waals surface area contributed by atoms with Crippen molar-refractivity contribution in [2.24, 2.45) is 5.41 Å². The molecule has 4 heteroatoms. The number of hydrogen-bond acceptors (Lipinski definition) is 4. The Hall–Kier alpha value is -1.32. The van der Waals surface area contributed by atoms with E-state index in [2.05, 4.69) is 29.1 Å². The first-order valence-electron chi connectivity index (χ1n) is 6.91. The van der Waals surface area contributed by atoms with Gasteiger partial charge in [-0.1, -0.05) is 20.3 Å². The number of rotatable bonds is 5. The van der Waals surface area contributed by atoms with Crippen molar-refractivity contribution < 1.29 is 0 Å². The van der Waals surface area contributed by atoms with Crippen molar-refractivity contribution in [2.75, 3.05) is 17.6 Å². The van der Waals surface area contributed by atoms with Crippen molar-refractivity contribution >= 4 is 11.6 Å². The van der Waals surface area contributed by atoms with Gasteiger partial charge in [0.05, 0.1) is 0 Å². The van der Waals surface area contributed by atoms with Gasteiger partial charge in [-0.25, -0.2) is 9.97 Å². The minimum atomic E-state index is 0.442. The molecule has 0 saturated heterocycles. The fourth-order valence-electron chi connectivity index (χ4n) is 2.34. The van der Waals surface area contributed by atoms with E-state index >= 15 is 0 Å². The normalized spacial score (nSPS) is 17.3. The molecule has 1 fully saturated rings. The predicted octanol–water partition coefficient (Wildman–Crippen LogP) is 2.92. The van der Waals surface area contributed by atoms with Crippen molar-refractivity contribution in [3.05, 3.63) is 11.4 Å². The van der Waals surface area contributed by atoms with E-state index < -0.39 is 0 Å². The molecule has 4 nitrogen and oxygen atoms in total. The number of aromatic nitrogens is 2. The number of anilines is 2. The number of nitrogens with one attached hydrogen (secondary N) is 1. The van der Waals surface area contributed by atoms with Crippen molar-refractivity contribution in [1.29, 1.82) is 0 Å². The Morgan fingerprint density at radius 3 is 2.61 bits per heavy atom. The fraction of sp³-hybridized carbons (Fsp3) is 0.714. The average Bonchev–Trinajstić information content (AvgIpc) is 2.30. The van der Waals surface area contributed by atoms with Crippen LogP contribution in [0.15, 0.2) is 0 Å². The Labute approximate surface area is 109 Å². The topological polar surface area (TPSA) is 63.8 Å². The van der Waals surface area contributed by atoms with Crippen LogP contribution in [0.2, 0.25) is 0 Å². The lowest BCUT2D eigenvalue weighted by molar-refractivity contribution is 0.180. The zero-order valence-corrected chi connectivity index (χ0v) is 11.7. The summed E-state index contributed by atoms with van der Waals surface area (Å²) in [4.78, 5) is 8.91. The maximum atomic E-state index is 5.95. The van der Waals surface area contributed by atoms with Gasteiger partial charge >= 0.3 is 0 Å². The van der Waals surface area contributed by atoms with E-state index in [1.165, 1.54) is 19.3 Å². The smallest absolute Gasteiger partial charge is 0.134 e. The summed E-state index contributed by atoms with van der Waals surface area (Å²) in [6, 6.07) is 0. The summed E-state index contributed by atoms with van der Waals surface area (Å²) in [7, 11) is 0. The summed E-state index contributed by atoms with van der Waals surface area (Å²) in [5, 5.41) is 3.46. The highest BCUT2D eigenvalue weighted by Gasteiger charge is 2.31. The molecule has 0 amide bonds. The quantitative estimate of drug-likeness (QED) is 0.841. The molecule has 0 aromatic carbocycles. The van der Waals surface area contributed by atoms with Crippen LogP contribution in [0.25, 0.3) is 0 Å². The molecule has 1 aromatic rings. The van der Waals surface area contributed by atoms with Crippen LogP contribution in [0.1, 0.15) is 50.9 Å². The second-order valence-corrected chi connectivity index (χ2v) is 5.77. The number of hydrogen-bond donors (Lipinski definition) is 2. The fourth-order valence-corrected chi connectivity index (χ4v) is 2.34. The van der Waals surface area contributed by atoms with E-state index in [4.69, 9.17) is 5.73 Å². The zero-order valence-electron chi connectivity index (χ0n) is 11.7. The van der Waals surface area contributed by atoms with Gasteiger partial charge in [-0.05, 0) is 31.6 Å². The average molecular weight is 248 g/mol. The largest absolute Gasteiger partial charge is 0.383 e. The number of aryl methyl sites for hydroxylation is 1. The number of nitrogen functional groups attached to an aromatic ring is 1. The van der Waals surface area contributed by atoms with E-state index in [1.54, 1.807) is 0 Å². The highest BCUT2D eigenvalue weighted by atomic mass is 15.1. The summed E-state index contributed by atoms with van der Waals surface area (Å²) in [5.74, 6) is 2.37. The molecule has 1 aromatic heterocycles. The zero-order chi connectivity index (χ0) is 13.2. The number of nitrogens with zero attached hydrogens (tertiary/aromatic N) is 2. The summed E-state index contributed by atoms with van der Waals surface area (Å²) < 4.78 is 0. The van der Waals surface area contributed by atoms with Gasteiger partial charge in [0, 0.05) is 18.5 Å². The molecule has 3 N–H and O–H groups in total. The summed E-state index contributed by atoms with van der Waals surface area (Å²) in [6.07, 6.45) is 5.89. The maximum Gasteiger partial charge on any atom is 0.134 e. The maximum absolute atomic E-state index is 5.95. The molecule has 2 rings (SSSR count). The highest BCUT2D eigenvalue weighted by Crippen LogP contribution is 2.40. The molecular weight excluding hydrogens is 224 g/mol. The lowest BCUT2D eigenvalue weighted by Crippen LogP contribution is -2.33. The third-order valence-corrected chi connectivity index (χ3v) is 3.95. The lowest BCUT2D eigenvalue weighted by Gasteiger charge is -2.38. The van der Waals surface area contributed by atoms with E-state index in [0.29, 0.717) is 11.2 Å². The van der Waals surface area contributed by atoms with Crippen LogP contribution in [0.5, 0.6) is 0 Å². The summed E-state index contributed by atoms with van der Waals surface area (Å²) in [6.45, 7) is 7.42. The summed E-state index contributed by atoms with van der Waals surface area (Å²) in [5.41, 5.74) is 7.36. The molecule has 0 atom stereocenters. The molecule has 0 unspecified atom stereocenters. The van der Waals surface area contributed by atoms with Crippen LogP contribution >= 0.6 is 0 Å². The van der Waals surface area contributed by atoms with Crippen LogP contribution in [-0.4, -0.2) is 16.5 Å². The Kier molecular flexibility index (Phi) is 3.73. The monoisotopic (exact) mass is 248 g/mol. The van der Waals surface area contributed by atoms with E-state index in [1.807, 2.05) is 6.92 Å². The third-order valence-electron chi connectivity index (χ3n) is 3.95. The Morgan fingerprint density at radius 2 is 2.06 bits per heavy atom. The van der Waals surface area contributed by atoms with Crippen LogP contribution in [0.4, 0.5) is 11.6 Å². The highest BCUT2D eigenvalue weighted by molar-refractivity contribution is 5.54. The molecule has 1 aliphatic rings. The second-order valence-electron chi connectivity index (χ2n) is 5.77.